The molecule has 4 nitrogen and oxygen atoms in total. The molecule has 0 unspecified atom stereocenters. The molecule has 0 aliphatic carbocycles. The number of hydrogen-bond acceptors (Lipinski definition) is 4. The molecule has 0 saturated carbocycles. The average molecular weight is 600 g/mol. The lowest BCUT2D eigenvalue weighted by Crippen LogP contribution is -2.30. The summed E-state index contributed by atoms with van der Waals surface area (Å²) in [5.74, 6) is 0. The van der Waals surface area contributed by atoms with Gasteiger partial charge in [0.25, 0.3) is 0 Å². The van der Waals surface area contributed by atoms with E-state index in [1.165, 1.54) is 24.0 Å². The van der Waals surface area contributed by atoms with E-state index < -0.39 is 0 Å². The van der Waals surface area contributed by atoms with Gasteiger partial charge in [-0.2, -0.15) is 0 Å². The van der Waals surface area contributed by atoms with E-state index in [4.69, 9.17) is 0 Å². The minimum Gasteiger partial charge on any atom is -0.315 e. The van der Waals surface area contributed by atoms with E-state index in [-0.39, 0.29) is 67.9 Å². The molecule has 2 bridgehead atoms. The van der Waals surface area contributed by atoms with Crippen LogP contribution in [0.1, 0.15) is 24.0 Å². The van der Waals surface area contributed by atoms with Crippen LogP contribution in [-0.4, -0.2) is 39.3 Å². The Morgan fingerprint density at radius 2 is 0.958 bits per heavy atom. The molecule has 1 heterocycles. The molecule has 1 aromatic rings. The fourth-order valence-corrected chi connectivity index (χ4v) is 2.42. The molecule has 1 aromatic carbocycles. The molecule has 0 aromatic heterocycles. The van der Waals surface area contributed by atoms with Crippen molar-refractivity contribution in [3.63, 3.8) is 0 Å². The Bertz CT molecular complexity index is 352. The van der Waals surface area contributed by atoms with Crippen molar-refractivity contribution in [2.45, 2.75) is 25.9 Å². The maximum Gasteiger partial charge on any atom is 0.0205 e. The van der Waals surface area contributed by atoms with Gasteiger partial charge in [-0.25, -0.2) is 0 Å². The van der Waals surface area contributed by atoms with Crippen molar-refractivity contribution in [1.82, 2.24) is 21.3 Å². The molecular formula is C16H32Br4N4. The molecule has 2 rings (SSSR count). The van der Waals surface area contributed by atoms with E-state index in [9.17, 15) is 0 Å². The first-order valence-corrected chi connectivity index (χ1v) is 7.86. The fraction of sp³-hybridized carbons (Fsp3) is 0.625. The average Bonchev–Trinajstić information content (AvgIpc) is 2.47. The minimum absolute atomic E-state index is 0. The molecule has 0 radical (unpaired) electrons. The van der Waals surface area contributed by atoms with Gasteiger partial charge in [0.15, 0.2) is 0 Å². The van der Waals surface area contributed by atoms with Gasteiger partial charge in [-0.05, 0) is 50.1 Å². The lowest BCUT2D eigenvalue weighted by Gasteiger charge is -2.08. The second kappa shape index (κ2) is 20.3. The Morgan fingerprint density at radius 1 is 0.542 bits per heavy atom. The fourth-order valence-electron chi connectivity index (χ4n) is 2.42. The van der Waals surface area contributed by atoms with Gasteiger partial charge in [0.2, 0.25) is 0 Å². The molecule has 0 atom stereocenters. The SMILES string of the molecule is Br.Br.Br.Br.c1cc2cc(c1)CNCCCNCCNCCCNC2. The van der Waals surface area contributed by atoms with Crippen molar-refractivity contribution >= 4 is 67.9 Å². The molecule has 0 spiro atoms. The molecule has 8 heteroatoms. The predicted molar refractivity (Wildman–Crippen MR) is 126 cm³/mol. The van der Waals surface area contributed by atoms with Crippen LogP contribution in [0.4, 0.5) is 0 Å². The second-order valence-electron chi connectivity index (χ2n) is 5.38. The van der Waals surface area contributed by atoms with E-state index in [0.717, 1.165) is 52.4 Å². The Hall–Kier alpha value is 0.980. The van der Waals surface area contributed by atoms with Crippen LogP contribution in [0.2, 0.25) is 0 Å². The number of nitrogens with one attached hydrogen (secondary N) is 4. The standard InChI is InChI=1S/C16H28N4.4BrH/c1-4-15-12-16(5-1)14-20-9-3-7-18-11-10-17-6-2-8-19-13-15;;;;/h1,4-5,12,17-20H,2-3,6-11,13-14H2;4*1H. The van der Waals surface area contributed by atoms with Crippen molar-refractivity contribution in [1.29, 1.82) is 0 Å². The van der Waals surface area contributed by atoms with Gasteiger partial charge >= 0.3 is 0 Å². The van der Waals surface area contributed by atoms with E-state index in [0.29, 0.717) is 0 Å². The van der Waals surface area contributed by atoms with Crippen molar-refractivity contribution in [3.05, 3.63) is 35.4 Å². The van der Waals surface area contributed by atoms with E-state index in [1.807, 2.05) is 0 Å². The van der Waals surface area contributed by atoms with Crippen LogP contribution in [0.5, 0.6) is 0 Å². The summed E-state index contributed by atoms with van der Waals surface area (Å²) in [6.07, 6.45) is 2.36. The van der Waals surface area contributed by atoms with Crippen molar-refractivity contribution < 1.29 is 0 Å². The molecular weight excluding hydrogens is 568 g/mol. The van der Waals surface area contributed by atoms with Gasteiger partial charge < -0.3 is 21.3 Å². The zero-order chi connectivity index (χ0) is 13.9. The molecule has 1 aliphatic heterocycles. The summed E-state index contributed by atoms with van der Waals surface area (Å²) in [5.41, 5.74) is 2.76. The summed E-state index contributed by atoms with van der Waals surface area (Å²) < 4.78 is 0. The van der Waals surface area contributed by atoms with Crippen LogP contribution in [-0.2, 0) is 13.1 Å². The smallest absolute Gasteiger partial charge is 0.0205 e. The highest BCUT2D eigenvalue weighted by Gasteiger charge is 1.97. The number of rotatable bonds is 0. The normalized spacial score (nSPS) is 16.8. The third-order valence-electron chi connectivity index (χ3n) is 3.54. The maximum absolute atomic E-state index is 3.51. The molecule has 4 N–H and O–H groups in total. The highest BCUT2D eigenvalue weighted by atomic mass is 79.9. The molecule has 0 amide bonds. The second-order valence-corrected chi connectivity index (χ2v) is 5.38. The Morgan fingerprint density at radius 3 is 1.42 bits per heavy atom. The van der Waals surface area contributed by atoms with Gasteiger partial charge in [0, 0.05) is 26.2 Å². The first-order valence-electron chi connectivity index (χ1n) is 7.86. The van der Waals surface area contributed by atoms with Gasteiger partial charge in [0.05, 0.1) is 0 Å². The largest absolute Gasteiger partial charge is 0.315 e. The lowest BCUT2D eigenvalue weighted by atomic mass is 10.1. The van der Waals surface area contributed by atoms with Crippen LogP contribution < -0.4 is 21.3 Å². The van der Waals surface area contributed by atoms with E-state index in [2.05, 4.69) is 45.5 Å². The minimum atomic E-state index is 0. The Balaban J connectivity index is -0.00000110. The zero-order valence-electron chi connectivity index (χ0n) is 14.0. The van der Waals surface area contributed by atoms with Gasteiger partial charge in [-0.1, -0.05) is 24.3 Å². The third-order valence-corrected chi connectivity index (χ3v) is 3.54. The molecule has 144 valence electrons. The first kappa shape index (κ1) is 29.7. The Kier molecular flexibility index (Phi) is 25.1. The summed E-state index contributed by atoms with van der Waals surface area (Å²) in [5, 5.41) is 14.0. The number of benzene rings is 1. The molecule has 0 saturated heterocycles. The summed E-state index contributed by atoms with van der Waals surface area (Å²) in [6.45, 7) is 8.39. The number of hydrogen-bond donors (Lipinski definition) is 4. The quantitative estimate of drug-likeness (QED) is 0.370. The van der Waals surface area contributed by atoms with Gasteiger partial charge in [-0.3, -0.25) is 0 Å². The van der Waals surface area contributed by atoms with Gasteiger partial charge in [0.1, 0.15) is 0 Å². The highest BCUT2D eigenvalue weighted by Crippen LogP contribution is 2.05. The highest BCUT2D eigenvalue weighted by molar-refractivity contribution is 8.93. The molecule has 0 fully saturated rings. The van der Waals surface area contributed by atoms with E-state index in [1.54, 1.807) is 0 Å². The molecule has 1 aliphatic rings. The Labute approximate surface area is 188 Å². The summed E-state index contributed by atoms with van der Waals surface area (Å²) >= 11 is 0. The zero-order valence-corrected chi connectivity index (χ0v) is 20.9. The molecule has 24 heavy (non-hydrogen) atoms. The lowest BCUT2D eigenvalue weighted by molar-refractivity contribution is 0.558. The third kappa shape index (κ3) is 14.2. The van der Waals surface area contributed by atoms with Crippen molar-refractivity contribution in [2.75, 3.05) is 39.3 Å². The summed E-state index contributed by atoms with van der Waals surface area (Å²) in [6, 6.07) is 8.86. The summed E-state index contributed by atoms with van der Waals surface area (Å²) in [7, 11) is 0. The topological polar surface area (TPSA) is 48.1 Å². The van der Waals surface area contributed by atoms with E-state index >= 15 is 0 Å². The summed E-state index contributed by atoms with van der Waals surface area (Å²) in [4.78, 5) is 0. The van der Waals surface area contributed by atoms with Gasteiger partial charge in [-0.15, -0.1) is 67.9 Å². The first-order chi connectivity index (χ1) is 9.95. The van der Waals surface area contributed by atoms with Crippen LogP contribution in [0.3, 0.4) is 0 Å². The van der Waals surface area contributed by atoms with Crippen molar-refractivity contribution in [2.24, 2.45) is 0 Å². The van der Waals surface area contributed by atoms with Crippen molar-refractivity contribution in [3.8, 4) is 0 Å². The van der Waals surface area contributed by atoms with Crippen LogP contribution >= 0.6 is 67.9 Å². The number of fused-ring (bicyclic) bond motifs is 2. The predicted octanol–water partition coefficient (Wildman–Crippen LogP) is 3.15. The number of halogens is 4. The van der Waals surface area contributed by atoms with Crippen LogP contribution in [0.25, 0.3) is 0 Å². The monoisotopic (exact) mass is 596 g/mol. The van der Waals surface area contributed by atoms with Crippen LogP contribution in [0, 0.1) is 0 Å². The van der Waals surface area contributed by atoms with Crippen LogP contribution in [0.15, 0.2) is 24.3 Å². The maximum atomic E-state index is 3.51.